The van der Waals surface area contributed by atoms with Crippen LogP contribution in [0, 0.1) is 11.8 Å². The zero-order valence-corrected chi connectivity index (χ0v) is 18.1. The molecule has 0 saturated carbocycles. The van der Waals surface area contributed by atoms with Crippen molar-refractivity contribution in [2.24, 2.45) is 11.8 Å². The number of halogens is 1. The summed E-state index contributed by atoms with van der Waals surface area (Å²) < 4.78 is 12.8. The van der Waals surface area contributed by atoms with Crippen LogP contribution in [0.4, 0.5) is 0 Å². The molecule has 0 unspecified atom stereocenters. The van der Waals surface area contributed by atoms with Gasteiger partial charge in [-0.2, -0.15) is 0 Å². The predicted octanol–water partition coefficient (Wildman–Crippen LogP) is 4.04. The Bertz CT molecular complexity index is 1010. The molecule has 1 amide bonds. The number of amides is 1. The molecule has 5 atom stereocenters. The van der Waals surface area contributed by atoms with Gasteiger partial charge in [0.15, 0.2) is 0 Å². The summed E-state index contributed by atoms with van der Waals surface area (Å²) >= 11 is 3.45. The van der Waals surface area contributed by atoms with Crippen LogP contribution in [-0.2, 0) is 25.7 Å². The quantitative estimate of drug-likeness (QED) is 0.491. The minimum absolute atomic E-state index is 0.0427. The highest BCUT2D eigenvalue weighted by Crippen LogP contribution is 2.53. The van der Waals surface area contributed by atoms with Crippen LogP contribution in [0.3, 0.4) is 0 Å². The smallest absolute Gasteiger partial charge is 0.313 e. The van der Waals surface area contributed by atoms with Crippen molar-refractivity contribution in [3.8, 4) is 0 Å². The van der Waals surface area contributed by atoms with E-state index in [2.05, 4.69) is 15.9 Å². The van der Waals surface area contributed by atoms with E-state index in [1.165, 1.54) is 0 Å². The van der Waals surface area contributed by atoms with Crippen LogP contribution in [0.5, 0.6) is 0 Å². The van der Waals surface area contributed by atoms with Crippen LogP contribution in [-0.4, -0.2) is 35.0 Å². The van der Waals surface area contributed by atoms with Crippen molar-refractivity contribution < 1.29 is 19.1 Å². The first-order chi connectivity index (χ1) is 14.5. The lowest BCUT2D eigenvalue weighted by Crippen LogP contribution is -2.40. The molecular formula is C24H22BrNO4. The van der Waals surface area contributed by atoms with E-state index in [1.807, 2.05) is 78.6 Å². The third-order valence-electron chi connectivity index (χ3n) is 6.45. The maximum Gasteiger partial charge on any atom is 0.313 e. The van der Waals surface area contributed by atoms with Gasteiger partial charge in [-0.1, -0.05) is 70.5 Å². The maximum absolute atomic E-state index is 13.4. The van der Waals surface area contributed by atoms with Gasteiger partial charge in [-0.25, -0.2) is 0 Å². The number of hydrogen-bond donors (Lipinski definition) is 0. The number of likely N-dealkylation sites (tertiary alicyclic amines) is 1. The standard InChI is InChI=1S/C24H22BrNO4/c1-15(17-7-9-18(25)10-8-17)26-14-24-12-11-19(30-24)20(21(24)22(26)27)23(28)29-13-16-5-3-2-4-6-16/h2-12,15,19-21H,13-14H2,1H3/t15-,19-,20+,21+,24-/m0/s1. The molecule has 5 nitrogen and oxygen atoms in total. The van der Waals surface area contributed by atoms with E-state index < -0.39 is 23.5 Å². The van der Waals surface area contributed by atoms with Crippen LogP contribution < -0.4 is 0 Å². The molecule has 2 fully saturated rings. The molecule has 5 rings (SSSR count). The molecule has 3 heterocycles. The fourth-order valence-corrected chi connectivity index (χ4v) is 5.14. The molecule has 3 aliphatic heterocycles. The van der Waals surface area contributed by atoms with Gasteiger partial charge in [-0.15, -0.1) is 0 Å². The third kappa shape index (κ3) is 3.10. The van der Waals surface area contributed by atoms with Crippen LogP contribution >= 0.6 is 15.9 Å². The highest BCUT2D eigenvalue weighted by molar-refractivity contribution is 9.10. The summed E-state index contributed by atoms with van der Waals surface area (Å²) in [4.78, 5) is 28.2. The molecule has 0 N–H and O–H groups in total. The molecule has 30 heavy (non-hydrogen) atoms. The highest BCUT2D eigenvalue weighted by Gasteiger charge is 2.67. The lowest BCUT2D eigenvalue weighted by molar-refractivity contribution is -0.155. The number of carbonyl (C=O) groups is 2. The predicted molar refractivity (Wildman–Crippen MR) is 114 cm³/mol. The van der Waals surface area contributed by atoms with Crippen LogP contribution in [0.2, 0.25) is 0 Å². The van der Waals surface area contributed by atoms with Gasteiger partial charge in [0.05, 0.1) is 24.6 Å². The number of nitrogens with zero attached hydrogens (tertiary/aromatic N) is 1. The van der Waals surface area contributed by atoms with Crippen LogP contribution in [0.1, 0.15) is 24.1 Å². The van der Waals surface area contributed by atoms with Crippen LogP contribution in [0.25, 0.3) is 0 Å². The van der Waals surface area contributed by atoms with Gasteiger partial charge in [0.2, 0.25) is 5.91 Å². The average molecular weight is 468 g/mol. The Hall–Kier alpha value is -2.44. The number of carbonyl (C=O) groups excluding carboxylic acids is 2. The fourth-order valence-electron chi connectivity index (χ4n) is 4.87. The molecule has 2 saturated heterocycles. The number of benzene rings is 2. The molecule has 1 spiro atoms. The van der Waals surface area contributed by atoms with Crippen molar-refractivity contribution in [3.05, 3.63) is 82.3 Å². The minimum atomic E-state index is -0.734. The minimum Gasteiger partial charge on any atom is -0.460 e. The van der Waals surface area contributed by atoms with E-state index in [9.17, 15) is 9.59 Å². The monoisotopic (exact) mass is 467 g/mol. The topological polar surface area (TPSA) is 55.8 Å². The molecule has 0 aliphatic carbocycles. The summed E-state index contributed by atoms with van der Waals surface area (Å²) in [6, 6.07) is 17.4. The van der Waals surface area contributed by atoms with Gasteiger partial charge in [-0.3, -0.25) is 9.59 Å². The summed E-state index contributed by atoms with van der Waals surface area (Å²) in [5.74, 6) is -1.55. The highest BCUT2D eigenvalue weighted by atomic mass is 79.9. The van der Waals surface area contributed by atoms with Crippen molar-refractivity contribution >= 4 is 27.8 Å². The molecule has 0 radical (unpaired) electrons. The van der Waals surface area contributed by atoms with Crippen molar-refractivity contribution in [1.29, 1.82) is 0 Å². The molecular weight excluding hydrogens is 446 g/mol. The van der Waals surface area contributed by atoms with E-state index >= 15 is 0 Å². The normalized spacial score (nSPS) is 29.9. The van der Waals surface area contributed by atoms with Gasteiger partial charge in [-0.05, 0) is 30.2 Å². The number of fused-ring (bicyclic) bond motifs is 1. The summed E-state index contributed by atoms with van der Waals surface area (Å²) in [5.41, 5.74) is 1.23. The lowest BCUT2D eigenvalue weighted by Gasteiger charge is -2.27. The van der Waals surface area contributed by atoms with Gasteiger partial charge < -0.3 is 14.4 Å². The third-order valence-corrected chi connectivity index (χ3v) is 6.97. The zero-order chi connectivity index (χ0) is 20.9. The van der Waals surface area contributed by atoms with Gasteiger partial charge >= 0.3 is 5.97 Å². The number of esters is 1. The van der Waals surface area contributed by atoms with Crippen molar-refractivity contribution in [1.82, 2.24) is 4.90 Å². The first-order valence-electron chi connectivity index (χ1n) is 10.1. The first-order valence-corrected chi connectivity index (χ1v) is 10.9. The van der Waals surface area contributed by atoms with Gasteiger partial charge in [0, 0.05) is 4.47 Å². The lowest BCUT2D eigenvalue weighted by atomic mass is 9.77. The summed E-state index contributed by atoms with van der Waals surface area (Å²) in [6.45, 7) is 2.65. The molecule has 0 aromatic heterocycles. The number of hydrogen-bond acceptors (Lipinski definition) is 4. The van der Waals surface area contributed by atoms with E-state index in [0.717, 1.165) is 15.6 Å². The summed E-state index contributed by atoms with van der Waals surface area (Å²) in [7, 11) is 0. The Kier molecular flexibility index (Phi) is 4.79. The van der Waals surface area contributed by atoms with Crippen molar-refractivity contribution in [3.63, 3.8) is 0 Å². The Morgan fingerprint density at radius 1 is 1.23 bits per heavy atom. The van der Waals surface area contributed by atoms with Crippen molar-refractivity contribution in [2.75, 3.05) is 6.54 Å². The maximum atomic E-state index is 13.4. The Balaban J connectivity index is 1.35. The molecule has 2 aromatic carbocycles. The van der Waals surface area contributed by atoms with E-state index in [0.29, 0.717) is 6.54 Å². The van der Waals surface area contributed by atoms with E-state index in [4.69, 9.17) is 9.47 Å². The largest absolute Gasteiger partial charge is 0.460 e. The second-order valence-corrected chi connectivity index (χ2v) is 9.10. The number of ether oxygens (including phenoxy) is 2. The summed E-state index contributed by atoms with van der Waals surface area (Å²) in [5, 5.41) is 0. The molecule has 6 heteroatoms. The average Bonchev–Trinajstić information content (AvgIpc) is 3.41. The zero-order valence-electron chi connectivity index (χ0n) is 16.5. The Labute approximate surface area is 183 Å². The van der Waals surface area contributed by atoms with Crippen LogP contribution in [0.15, 0.2) is 71.2 Å². The van der Waals surface area contributed by atoms with E-state index in [1.54, 1.807) is 0 Å². The SMILES string of the molecule is C[C@@H](c1ccc(Br)cc1)N1C[C@]23C=C[C@H](O2)[C@@H](C(=O)OCc2ccccc2)[C@@H]3C1=O. The van der Waals surface area contributed by atoms with Gasteiger partial charge in [0.25, 0.3) is 0 Å². The Morgan fingerprint density at radius 3 is 2.70 bits per heavy atom. The fraction of sp³-hybridized carbons (Fsp3) is 0.333. The molecule has 2 bridgehead atoms. The van der Waals surface area contributed by atoms with Gasteiger partial charge in [0.1, 0.15) is 18.1 Å². The second kappa shape index (κ2) is 7.36. The van der Waals surface area contributed by atoms with E-state index in [-0.39, 0.29) is 24.5 Å². The summed E-state index contributed by atoms with van der Waals surface area (Å²) in [6.07, 6.45) is 3.48. The first kappa shape index (κ1) is 19.5. The second-order valence-electron chi connectivity index (χ2n) is 8.19. The molecule has 154 valence electrons. The Morgan fingerprint density at radius 2 is 1.97 bits per heavy atom. The van der Waals surface area contributed by atoms with Crippen molar-refractivity contribution in [2.45, 2.75) is 31.3 Å². The molecule has 3 aliphatic rings. The molecule has 2 aromatic rings. The number of rotatable bonds is 5.